The van der Waals surface area contributed by atoms with Gasteiger partial charge in [-0.25, -0.2) is 0 Å². The molecule has 6 heteroatoms. The monoisotopic (exact) mass is 307 g/mol. The summed E-state index contributed by atoms with van der Waals surface area (Å²) in [4.78, 5) is 16.9. The first-order valence-electron chi connectivity index (χ1n) is 6.82. The number of piperidine rings is 1. The summed E-state index contributed by atoms with van der Waals surface area (Å²) in [6.45, 7) is 3.81. The Morgan fingerprint density at radius 3 is 2.37 bits per heavy atom. The topological polar surface area (TPSA) is 35.6 Å². The molecule has 2 atom stereocenters. The number of carbonyl (C=O) groups is 1. The molecule has 4 nitrogen and oxygen atoms in total. The lowest BCUT2D eigenvalue weighted by Crippen LogP contribution is -2.41. The van der Waals surface area contributed by atoms with Crippen LogP contribution in [0.4, 0.5) is 0 Å². The highest BCUT2D eigenvalue weighted by atomic mass is 35.5. The van der Waals surface area contributed by atoms with Gasteiger partial charge in [0.05, 0.1) is 0 Å². The Bertz CT molecular complexity index is 298. The van der Waals surface area contributed by atoms with Gasteiger partial charge in [0.2, 0.25) is 5.91 Å². The quantitative estimate of drug-likeness (QED) is 0.841. The third-order valence-corrected chi connectivity index (χ3v) is 5.27. The van der Waals surface area contributed by atoms with Crippen LogP contribution in [0.5, 0.6) is 0 Å². The summed E-state index contributed by atoms with van der Waals surface area (Å²) in [7, 11) is 4.23. The van der Waals surface area contributed by atoms with Gasteiger partial charge in [0.1, 0.15) is 0 Å². The SMILES string of the molecule is CSC1CN(C(=O)C2CCNCC2)CC1N(C)C.Cl. The number of halogens is 1. The number of likely N-dealkylation sites (tertiary alicyclic amines) is 1. The standard InChI is InChI=1S/C13H25N3OS.ClH/c1-15(2)11-8-16(9-12(11)18-3)13(17)10-4-6-14-7-5-10;/h10-12,14H,4-9H2,1-3H3;1H. The number of thioether (sulfide) groups is 1. The van der Waals surface area contributed by atoms with Crippen molar-refractivity contribution >= 4 is 30.1 Å². The average Bonchev–Trinajstić information content (AvgIpc) is 2.83. The predicted octanol–water partition coefficient (Wildman–Crippen LogP) is 0.912. The van der Waals surface area contributed by atoms with Crippen molar-refractivity contribution in [1.29, 1.82) is 0 Å². The van der Waals surface area contributed by atoms with Crippen LogP contribution in [0.1, 0.15) is 12.8 Å². The van der Waals surface area contributed by atoms with E-state index in [4.69, 9.17) is 0 Å². The lowest BCUT2D eigenvalue weighted by molar-refractivity contribution is -0.135. The molecule has 0 radical (unpaired) electrons. The van der Waals surface area contributed by atoms with E-state index in [0.717, 1.165) is 39.0 Å². The van der Waals surface area contributed by atoms with Gasteiger partial charge in [-0.2, -0.15) is 11.8 Å². The maximum atomic E-state index is 12.5. The lowest BCUT2D eigenvalue weighted by Gasteiger charge is -2.27. The van der Waals surface area contributed by atoms with Gasteiger partial charge in [0.15, 0.2) is 0 Å². The fourth-order valence-corrected chi connectivity index (χ4v) is 3.96. The van der Waals surface area contributed by atoms with Crippen LogP contribution in [0, 0.1) is 5.92 Å². The van der Waals surface area contributed by atoms with E-state index in [9.17, 15) is 4.79 Å². The third kappa shape index (κ3) is 4.00. The second-order valence-corrected chi connectivity index (χ2v) is 6.65. The largest absolute Gasteiger partial charge is 0.340 e. The first-order chi connectivity index (χ1) is 8.63. The van der Waals surface area contributed by atoms with Crippen LogP contribution < -0.4 is 5.32 Å². The minimum absolute atomic E-state index is 0. The number of nitrogens with one attached hydrogen (secondary N) is 1. The lowest BCUT2D eigenvalue weighted by atomic mass is 9.97. The highest BCUT2D eigenvalue weighted by Gasteiger charge is 2.38. The second kappa shape index (κ2) is 7.72. The van der Waals surface area contributed by atoms with Crippen LogP contribution in [0.3, 0.4) is 0 Å². The second-order valence-electron chi connectivity index (χ2n) is 5.57. The zero-order chi connectivity index (χ0) is 13.1. The Morgan fingerprint density at radius 2 is 1.89 bits per heavy atom. The van der Waals surface area contributed by atoms with Gasteiger partial charge in [-0.3, -0.25) is 4.79 Å². The Hall–Kier alpha value is 0.0300. The summed E-state index contributed by atoms with van der Waals surface area (Å²) in [6, 6.07) is 0.505. The summed E-state index contributed by atoms with van der Waals surface area (Å²) in [5.41, 5.74) is 0. The summed E-state index contributed by atoms with van der Waals surface area (Å²) in [6.07, 6.45) is 4.16. The van der Waals surface area contributed by atoms with Crippen LogP contribution in [0.15, 0.2) is 0 Å². The molecule has 1 amide bonds. The van der Waals surface area contributed by atoms with Crippen LogP contribution >= 0.6 is 24.2 Å². The molecule has 112 valence electrons. The van der Waals surface area contributed by atoms with E-state index in [1.54, 1.807) is 0 Å². The molecule has 0 aromatic carbocycles. The third-order valence-electron chi connectivity index (χ3n) is 4.20. The number of hydrogen-bond acceptors (Lipinski definition) is 4. The molecule has 1 N–H and O–H groups in total. The van der Waals surface area contributed by atoms with Gasteiger partial charge < -0.3 is 15.1 Å². The Balaban J connectivity index is 0.00000180. The zero-order valence-corrected chi connectivity index (χ0v) is 13.7. The molecule has 2 heterocycles. The predicted molar refractivity (Wildman–Crippen MR) is 84.2 cm³/mol. The van der Waals surface area contributed by atoms with Gasteiger partial charge in [-0.05, 0) is 46.3 Å². The fraction of sp³-hybridized carbons (Fsp3) is 0.923. The van der Waals surface area contributed by atoms with E-state index in [-0.39, 0.29) is 18.3 Å². The summed E-state index contributed by atoms with van der Waals surface area (Å²) in [5, 5.41) is 3.88. The van der Waals surface area contributed by atoms with Crippen molar-refractivity contribution < 1.29 is 4.79 Å². The van der Waals surface area contributed by atoms with Crippen molar-refractivity contribution in [3.8, 4) is 0 Å². The fourth-order valence-electron chi connectivity index (χ4n) is 2.99. The van der Waals surface area contributed by atoms with E-state index in [1.807, 2.05) is 11.8 Å². The highest BCUT2D eigenvalue weighted by Crippen LogP contribution is 2.26. The number of likely N-dealkylation sites (N-methyl/N-ethyl adjacent to an activating group) is 1. The van der Waals surface area contributed by atoms with Crippen molar-refractivity contribution in [3.05, 3.63) is 0 Å². The van der Waals surface area contributed by atoms with E-state index < -0.39 is 0 Å². The molecule has 0 aliphatic carbocycles. The molecule has 2 rings (SSSR count). The van der Waals surface area contributed by atoms with Gasteiger partial charge in [0, 0.05) is 30.3 Å². The molecule has 2 unspecified atom stereocenters. The summed E-state index contributed by atoms with van der Waals surface area (Å²) in [5.74, 6) is 0.648. The molecule has 0 bridgehead atoms. The van der Waals surface area contributed by atoms with Crippen molar-refractivity contribution in [1.82, 2.24) is 15.1 Å². The summed E-state index contributed by atoms with van der Waals surface area (Å²) < 4.78 is 0. The first kappa shape index (κ1) is 17.1. The molecule has 2 fully saturated rings. The summed E-state index contributed by atoms with van der Waals surface area (Å²) >= 11 is 1.89. The van der Waals surface area contributed by atoms with E-state index in [1.165, 1.54) is 0 Å². The smallest absolute Gasteiger partial charge is 0.225 e. The zero-order valence-electron chi connectivity index (χ0n) is 12.1. The van der Waals surface area contributed by atoms with Crippen LogP contribution in [0.2, 0.25) is 0 Å². The first-order valence-corrected chi connectivity index (χ1v) is 8.11. The molecule has 2 aliphatic heterocycles. The Labute approximate surface area is 127 Å². The van der Waals surface area contributed by atoms with E-state index >= 15 is 0 Å². The van der Waals surface area contributed by atoms with E-state index in [2.05, 4.69) is 35.5 Å². The number of amides is 1. The molecule has 0 spiro atoms. The Morgan fingerprint density at radius 1 is 1.26 bits per heavy atom. The van der Waals surface area contributed by atoms with E-state index in [0.29, 0.717) is 17.2 Å². The maximum Gasteiger partial charge on any atom is 0.225 e. The van der Waals surface area contributed by atoms with Crippen molar-refractivity contribution in [2.75, 3.05) is 46.5 Å². The molecular weight excluding hydrogens is 282 g/mol. The van der Waals surface area contributed by atoms with Gasteiger partial charge in [-0.1, -0.05) is 0 Å². The number of nitrogens with zero attached hydrogens (tertiary/aromatic N) is 2. The Kier molecular flexibility index (Phi) is 6.94. The molecule has 0 aromatic heterocycles. The number of rotatable bonds is 3. The van der Waals surface area contributed by atoms with Crippen molar-refractivity contribution in [2.45, 2.75) is 24.1 Å². The average molecular weight is 308 g/mol. The van der Waals surface area contributed by atoms with Crippen molar-refractivity contribution in [2.24, 2.45) is 5.92 Å². The number of hydrogen-bond donors (Lipinski definition) is 1. The molecule has 19 heavy (non-hydrogen) atoms. The van der Waals surface area contributed by atoms with Crippen LogP contribution in [0.25, 0.3) is 0 Å². The van der Waals surface area contributed by atoms with Crippen LogP contribution in [-0.4, -0.2) is 73.5 Å². The molecule has 2 aliphatic rings. The molecule has 2 saturated heterocycles. The highest BCUT2D eigenvalue weighted by molar-refractivity contribution is 7.99. The normalized spacial score (nSPS) is 28.5. The van der Waals surface area contributed by atoms with Gasteiger partial charge in [-0.15, -0.1) is 12.4 Å². The van der Waals surface area contributed by atoms with Gasteiger partial charge >= 0.3 is 0 Å². The molecule has 0 aromatic rings. The van der Waals surface area contributed by atoms with Gasteiger partial charge in [0.25, 0.3) is 0 Å². The molecule has 0 saturated carbocycles. The number of carbonyl (C=O) groups excluding carboxylic acids is 1. The van der Waals surface area contributed by atoms with Crippen molar-refractivity contribution in [3.63, 3.8) is 0 Å². The minimum Gasteiger partial charge on any atom is -0.340 e. The van der Waals surface area contributed by atoms with Crippen LogP contribution in [-0.2, 0) is 4.79 Å². The molecular formula is C13H26ClN3OS. The minimum atomic E-state index is 0. The maximum absolute atomic E-state index is 12.5.